The fourth-order valence-electron chi connectivity index (χ4n) is 1.61. The van der Waals surface area contributed by atoms with Crippen molar-refractivity contribution in [2.75, 3.05) is 0 Å². The standard InChI is InChI=1S/C13H13FN2O2S/c1-8-11(7-12(17)18)19-13(16(8)2)15-10-5-3-9(14)4-6-10/h3-6H,7H2,1-2H3,(H,17,18)/b15-13+. The first-order valence-corrected chi connectivity index (χ1v) is 6.46. The predicted octanol–water partition coefficient (Wildman–Crippen LogP) is 2.39. The number of benzene rings is 1. The molecule has 0 atom stereocenters. The lowest BCUT2D eigenvalue weighted by Gasteiger charge is -1.97. The number of thiazole rings is 1. The van der Waals surface area contributed by atoms with Gasteiger partial charge in [-0.1, -0.05) is 0 Å². The maximum absolute atomic E-state index is 12.8. The predicted molar refractivity (Wildman–Crippen MR) is 71.0 cm³/mol. The number of carboxylic acids is 1. The van der Waals surface area contributed by atoms with Gasteiger partial charge in [-0.05, 0) is 31.2 Å². The number of rotatable bonds is 3. The highest BCUT2D eigenvalue weighted by molar-refractivity contribution is 7.09. The van der Waals surface area contributed by atoms with Gasteiger partial charge in [0.1, 0.15) is 5.82 Å². The van der Waals surface area contributed by atoms with Gasteiger partial charge >= 0.3 is 5.97 Å². The Morgan fingerprint density at radius 2 is 2.05 bits per heavy atom. The van der Waals surface area contributed by atoms with Gasteiger partial charge in [0.05, 0.1) is 12.1 Å². The van der Waals surface area contributed by atoms with Gasteiger partial charge in [-0.15, -0.1) is 11.3 Å². The van der Waals surface area contributed by atoms with Crippen LogP contribution in [0.5, 0.6) is 0 Å². The Hall–Kier alpha value is -1.95. The zero-order chi connectivity index (χ0) is 14.0. The summed E-state index contributed by atoms with van der Waals surface area (Å²) in [6.45, 7) is 1.86. The van der Waals surface area contributed by atoms with Crippen molar-refractivity contribution in [1.29, 1.82) is 0 Å². The molecule has 0 fully saturated rings. The summed E-state index contributed by atoms with van der Waals surface area (Å²) in [7, 11) is 1.83. The monoisotopic (exact) mass is 280 g/mol. The third-order valence-corrected chi connectivity index (χ3v) is 4.01. The number of carbonyl (C=O) groups is 1. The van der Waals surface area contributed by atoms with Gasteiger partial charge < -0.3 is 9.67 Å². The molecule has 1 N–H and O–H groups in total. The van der Waals surface area contributed by atoms with E-state index in [2.05, 4.69) is 4.99 Å². The molecule has 0 aliphatic carbocycles. The van der Waals surface area contributed by atoms with Crippen LogP contribution in [0.1, 0.15) is 10.6 Å². The van der Waals surface area contributed by atoms with Crippen molar-refractivity contribution in [2.24, 2.45) is 12.0 Å². The normalized spacial score (nSPS) is 11.8. The van der Waals surface area contributed by atoms with Gasteiger partial charge in [-0.2, -0.15) is 0 Å². The van der Waals surface area contributed by atoms with Crippen molar-refractivity contribution in [1.82, 2.24) is 4.57 Å². The first-order valence-electron chi connectivity index (χ1n) is 5.65. The summed E-state index contributed by atoms with van der Waals surface area (Å²) in [6, 6.07) is 5.86. The fourth-order valence-corrected chi connectivity index (χ4v) is 2.73. The van der Waals surface area contributed by atoms with Crippen molar-refractivity contribution in [3.8, 4) is 0 Å². The SMILES string of the molecule is Cc1c(CC(=O)O)s/c(=N/c2ccc(F)cc2)n1C. The van der Waals surface area contributed by atoms with E-state index in [0.29, 0.717) is 10.5 Å². The molecular weight excluding hydrogens is 267 g/mol. The Morgan fingerprint density at radius 3 is 2.63 bits per heavy atom. The molecule has 2 rings (SSSR count). The third kappa shape index (κ3) is 3.08. The fraction of sp³-hybridized carbons (Fsp3) is 0.231. The van der Waals surface area contributed by atoms with E-state index in [-0.39, 0.29) is 12.2 Å². The molecule has 19 heavy (non-hydrogen) atoms. The van der Waals surface area contributed by atoms with E-state index in [1.807, 2.05) is 18.5 Å². The summed E-state index contributed by atoms with van der Waals surface area (Å²) in [5, 5.41) is 8.84. The minimum atomic E-state index is -0.863. The number of nitrogens with zero attached hydrogens (tertiary/aromatic N) is 2. The van der Waals surface area contributed by atoms with Crippen molar-refractivity contribution in [2.45, 2.75) is 13.3 Å². The van der Waals surface area contributed by atoms with Crippen LogP contribution in [0.15, 0.2) is 29.3 Å². The summed E-state index contributed by atoms with van der Waals surface area (Å²) < 4.78 is 14.6. The van der Waals surface area contributed by atoms with Gasteiger partial charge in [-0.3, -0.25) is 4.79 Å². The van der Waals surface area contributed by atoms with Crippen LogP contribution in [0.4, 0.5) is 10.1 Å². The van der Waals surface area contributed by atoms with Crippen molar-refractivity contribution in [3.05, 3.63) is 45.5 Å². The smallest absolute Gasteiger partial charge is 0.308 e. The number of carboxylic acid groups (broad SMARTS) is 1. The molecule has 1 aromatic heterocycles. The Bertz CT molecular complexity index is 671. The first kappa shape index (κ1) is 13.5. The average molecular weight is 280 g/mol. The highest BCUT2D eigenvalue weighted by Crippen LogP contribution is 2.15. The lowest BCUT2D eigenvalue weighted by molar-refractivity contribution is -0.136. The molecule has 1 aromatic carbocycles. The number of hydrogen-bond donors (Lipinski definition) is 1. The molecular formula is C13H13FN2O2S. The molecule has 0 amide bonds. The van der Waals surface area contributed by atoms with Crippen LogP contribution in [-0.4, -0.2) is 15.6 Å². The zero-order valence-corrected chi connectivity index (χ0v) is 11.4. The van der Waals surface area contributed by atoms with E-state index in [4.69, 9.17) is 5.11 Å². The molecule has 0 aliphatic heterocycles. The molecule has 0 radical (unpaired) electrons. The van der Waals surface area contributed by atoms with Gasteiger partial charge in [0.15, 0.2) is 4.80 Å². The third-order valence-electron chi connectivity index (χ3n) is 2.77. The molecule has 0 saturated heterocycles. The summed E-state index contributed by atoms with van der Waals surface area (Å²) in [5.74, 6) is -1.17. The minimum Gasteiger partial charge on any atom is -0.481 e. The van der Waals surface area contributed by atoms with Crippen LogP contribution in [0.3, 0.4) is 0 Å². The van der Waals surface area contributed by atoms with Crippen LogP contribution >= 0.6 is 11.3 Å². The molecule has 1 heterocycles. The second-order valence-electron chi connectivity index (χ2n) is 4.11. The summed E-state index contributed by atoms with van der Waals surface area (Å²) in [5.41, 5.74) is 1.52. The Morgan fingerprint density at radius 1 is 1.42 bits per heavy atom. The summed E-state index contributed by atoms with van der Waals surface area (Å²) >= 11 is 1.34. The number of aliphatic carboxylic acids is 1. The maximum Gasteiger partial charge on any atom is 0.308 e. The van der Waals surface area contributed by atoms with Gasteiger partial charge in [-0.25, -0.2) is 9.38 Å². The largest absolute Gasteiger partial charge is 0.481 e. The van der Waals surface area contributed by atoms with Crippen LogP contribution in [0.2, 0.25) is 0 Å². The van der Waals surface area contributed by atoms with Crippen LogP contribution in [-0.2, 0) is 18.3 Å². The van der Waals surface area contributed by atoms with Gasteiger partial charge in [0, 0.05) is 17.6 Å². The topological polar surface area (TPSA) is 54.6 Å². The van der Waals surface area contributed by atoms with E-state index in [0.717, 1.165) is 10.6 Å². The number of halogens is 1. The van der Waals surface area contributed by atoms with Gasteiger partial charge in [0.25, 0.3) is 0 Å². The highest BCUT2D eigenvalue weighted by Gasteiger charge is 2.10. The first-order chi connectivity index (χ1) is 8.97. The van der Waals surface area contributed by atoms with Crippen molar-refractivity contribution >= 4 is 23.0 Å². The average Bonchev–Trinajstić information content (AvgIpc) is 2.60. The second kappa shape index (κ2) is 5.36. The molecule has 100 valence electrons. The van der Waals surface area contributed by atoms with E-state index in [1.54, 1.807) is 12.1 Å². The van der Waals surface area contributed by atoms with Crippen molar-refractivity contribution in [3.63, 3.8) is 0 Å². The molecule has 0 unspecified atom stereocenters. The molecule has 6 heteroatoms. The zero-order valence-electron chi connectivity index (χ0n) is 10.6. The molecule has 2 aromatic rings. The van der Waals surface area contributed by atoms with Crippen LogP contribution in [0.25, 0.3) is 0 Å². The van der Waals surface area contributed by atoms with Crippen LogP contribution < -0.4 is 4.80 Å². The number of hydrogen-bond acceptors (Lipinski definition) is 3. The molecule has 0 bridgehead atoms. The van der Waals surface area contributed by atoms with Gasteiger partial charge in [0.2, 0.25) is 0 Å². The quantitative estimate of drug-likeness (QED) is 0.938. The van der Waals surface area contributed by atoms with E-state index in [9.17, 15) is 9.18 Å². The lowest BCUT2D eigenvalue weighted by Crippen LogP contribution is -2.11. The van der Waals surface area contributed by atoms with E-state index in [1.165, 1.54) is 23.5 Å². The molecule has 0 aliphatic rings. The molecule has 0 saturated carbocycles. The summed E-state index contributed by atoms with van der Waals surface area (Å²) in [6.07, 6.45) is -0.0106. The Balaban J connectivity index is 2.45. The minimum absolute atomic E-state index is 0.0106. The Labute approximate surface area is 113 Å². The lowest BCUT2D eigenvalue weighted by atomic mass is 10.3. The molecule has 0 spiro atoms. The van der Waals surface area contributed by atoms with Crippen LogP contribution in [0, 0.1) is 12.7 Å². The Kier molecular flexibility index (Phi) is 3.80. The van der Waals surface area contributed by atoms with E-state index >= 15 is 0 Å². The number of aromatic nitrogens is 1. The highest BCUT2D eigenvalue weighted by atomic mass is 32.1. The second-order valence-corrected chi connectivity index (χ2v) is 5.17. The van der Waals surface area contributed by atoms with E-state index < -0.39 is 5.97 Å². The molecule has 4 nitrogen and oxygen atoms in total. The summed E-state index contributed by atoms with van der Waals surface area (Å²) in [4.78, 5) is 16.6. The maximum atomic E-state index is 12.8. The van der Waals surface area contributed by atoms with Crippen molar-refractivity contribution < 1.29 is 14.3 Å².